The molecule has 1 aromatic heterocycles. The molecule has 5 heteroatoms. The third kappa shape index (κ3) is 2.19. The van der Waals surface area contributed by atoms with E-state index in [4.69, 9.17) is 0 Å². The number of hydrogen-bond donors (Lipinski definition) is 2. The summed E-state index contributed by atoms with van der Waals surface area (Å²) in [7, 11) is 0. The number of amides is 1. The number of aromatic nitrogens is 3. The molecule has 0 aliphatic rings. The first kappa shape index (κ1) is 9.39. The number of H-pyrrole nitrogens is 1. The normalized spacial score (nSPS) is 9.93. The largest absolute Gasteiger partial charge is 0.289 e. The molecule has 0 aliphatic carbocycles. The lowest BCUT2D eigenvalue weighted by Gasteiger charge is -1.99. The monoisotopic (exact) mass is 202 g/mol. The zero-order valence-electron chi connectivity index (χ0n) is 8.19. The predicted molar refractivity (Wildman–Crippen MR) is 55.5 cm³/mol. The van der Waals surface area contributed by atoms with E-state index in [9.17, 15) is 4.79 Å². The number of nitrogens with zero attached hydrogens (tertiary/aromatic N) is 2. The van der Waals surface area contributed by atoms with Gasteiger partial charge in [0.25, 0.3) is 5.91 Å². The van der Waals surface area contributed by atoms with Gasteiger partial charge in [-0.1, -0.05) is 18.2 Å². The number of aryl methyl sites for hydroxylation is 1. The number of carbonyl (C=O) groups excluding carboxylic acids is 1. The van der Waals surface area contributed by atoms with Crippen molar-refractivity contribution in [1.29, 1.82) is 0 Å². The molecule has 0 fully saturated rings. The lowest BCUT2D eigenvalue weighted by atomic mass is 10.2. The lowest BCUT2D eigenvalue weighted by molar-refractivity contribution is 0.102. The van der Waals surface area contributed by atoms with Gasteiger partial charge in [0.05, 0.1) is 0 Å². The fraction of sp³-hybridized carbons (Fsp3) is 0.100. The molecule has 0 bridgehead atoms. The van der Waals surface area contributed by atoms with Crippen molar-refractivity contribution in [1.82, 2.24) is 15.2 Å². The summed E-state index contributed by atoms with van der Waals surface area (Å²) >= 11 is 0. The third-order valence-electron chi connectivity index (χ3n) is 1.86. The second kappa shape index (κ2) is 3.91. The van der Waals surface area contributed by atoms with Crippen molar-refractivity contribution in [2.24, 2.45) is 0 Å². The highest BCUT2D eigenvalue weighted by Crippen LogP contribution is 2.03. The van der Waals surface area contributed by atoms with Crippen LogP contribution in [0.2, 0.25) is 0 Å². The number of anilines is 1. The van der Waals surface area contributed by atoms with Gasteiger partial charge in [-0.3, -0.25) is 15.2 Å². The van der Waals surface area contributed by atoms with Crippen LogP contribution in [-0.4, -0.2) is 21.1 Å². The fourth-order valence-electron chi connectivity index (χ4n) is 1.16. The molecule has 0 spiro atoms. The molecule has 2 rings (SSSR count). The molecular weight excluding hydrogens is 192 g/mol. The Morgan fingerprint density at radius 1 is 1.33 bits per heavy atom. The molecule has 0 atom stereocenters. The van der Waals surface area contributed by atoms with Crippen LogP contribution in [0.15, 0.2) is 30.3 Å². The highest BCUT2D eigenvalue weighted by Gasteiger charge is 2.07. The van der Waals surface area contributed by atoms with E-state index in [0.29, 0.717) is 17.3 Å². The van der Waals surface area contributed by atoms with Crippen LogP contribution in [0.25, 0.3) is 0 Å². The second-order valence-electron chi connectivity index (χ2n) is 3.06. The van der Waals surface area contributed by atoms with Crippen LogP contribution < -0.4 is 5.32 Å². The molecule has 2 aromatic rings. The van der Waals surface area contributed by atoms with Crippen molar-refractivity contribution in [2.75, 3.05) is 5.32 Å². The molecule has 1 amide bonds. The van der Waals surface area contributed by atoms with Gasteiger partial charge in [-0.05, 0) is 19.1 Å². The molecule has 0 unspecified atom stereocenters. The molecule has 0 radical (unpaired) electrons. The molecule has 1 aromatic carbocycles. The maximum absolute atomic E-state index is 11.6. The summed E-state index contributed by atoms with van der Waals surface area (Å²) < 4.78 is 0. The highest BCUT2D eigenvalue weighted by molar-refractivity contribution is 6.03. The van der Waals surface area contributed by atoms with E-state index < -0.39 is 0 Å². The Bertz CT molecular complexity index is 463. The average Bonchev–Trinajstić information content (AvgIpc) is 2.65. The fourth-order valence-corrected chi connectivity index (χ4v) is 1.16. The minimum Gasteiger partial charge on any atom is -0.289 e. The Balaban J connectivity index is 2.11. The van der Waals surface area contributed by atoms with Crippen LogP contribution in [0.1, 0.15) is 16.2 Å². The van der Waals surface area contributed by atoms with Crippen molar-refractivity contribution in [3.05, 3.63) is 41.7 Å². The molecule has 5 nitrogen and oxygen atoms in total. The quantitative estimate of drug-likeness (QED) is 0.772. The van der Waals surface area contributed by atoms with Crippen LogP contribution >= 0.6 is 0 Å². The lowest BCUT2D eigenvalue weighted by Crippen LogP contribution is -2.12. The van der Waals surface area contributed by atoms with Crippen molar-refractivity contribution < 1.29 is 4.79 Å². The molecule has 0 saturated carbocycles. The Kier molecular flexibility index (Phi) is 2.45. The van der Waals surface area contributed by atoms with Crippen molar-refractivity contribution in [2.45, 2.75) is 6.92 Å². The van der Waals surface area contributed by atoms with E-state index in [1.54, 1.807) is 31.2 Å². The first-order valence-electron chi connectivity index (χ1n) is 4.51. The van der Waals surface area contributed by atoms with Gasteiger partial charge < -0.3 is 0 Å². The van der Waals surface area contributed by atoms with Gasteiger partial charge in [0.2, 0.25) is 5.95 Å². The van der Waals surface area contributed by atoms with Gasteiger partial charge in [0.15, 0.2) is 0 Å². The zero-order valence-corrected chi connectivity index (χ0v) is 8.19. The Morgan fingerprint density at radius 3 is 2.67 bits per heavy atom. The number of nitrogens with one attached hydrogen (secondary N) is 2. The summed E-state index contributed by atoms with van der Waals surface area (Å²) in [6, 6.07) is 8.92. The van der Waals surface area contributed by atoms with Gasteiger partial charge in [-0.15, -0.1) is 5.10 Å². The Labute approximate surface area is 86.5 Å². The van der Waals surface area contributed by atoms with E-state index in [2.05, 4.69) is 20.5 Å². The van der Waals surface area contributed by atoms with Crippen LogP contribution in [0.5, 0.6) is 0 Å². The summed E-state index contributed by atoms with van der Waals surface area (Å²) in [6.45, 7) is 1.77. The van der Waals surface area contributed by atoms with Crippen LogP contribution in [0.3, 0.4) is 0 Å². The number of aromatic amines is 1. The molecule has 76 valence electrons. The standard InChI is InChI=1S/C10H10N4O/c1-7-11-10(14-13-7)12-9(15)8-5-3-2-4-6-8/h2-6H,1H3,(H2,11,12,13,14,15). The number of carbonyl (C=O) groups is 1. The maximum Gasteiger partial charge on any atom is 0.258 e. The van der Waals surface area contributed by atoms with E-state index in [1.165, 1.54) is 0 Å². The molecule has 0 saturated heterocycles. The van der Waals surface area contributed by atoms with E-state index in [0.717, 1.165) is 0 Å². The first-order chi connectivity index (χ1) is 7.25. The summed E-state index contributed by atoms with van der Waals surface area (Å²) in [5, 5.41) is 9.05. The zero-order chi connectivity index (χ0) is 10.7. The SMILES string of the molecule is Cc1nc(NC(=O)c2ccccc2)n[nH]1. The maximum atomic E-state index is 11.6. The minimum absolute atomic E-state index is 0.213. The highest BCUT2D eigenvalue weighted by atomic mass is 16.1. The minimum atomic E-state index is -0.213. The molecule has 1 heterocycles. The van der Waals surface area contributed by atoms with E-state index in [-0.39, 0.29) is 5.91 Å². The van der Waals surface area contributed by atoms with Crippen LogP contribution in [-0.2, 0) is 0 Å². The summed E-state index contributed by atoms with van der Waals surface area (Å²) in [6.07, 6.45) is 0. The van der Waals surface area contributed by atoms with Gasteiger partial charge >= 0.3 is 0 Å². The molecule has 2 N–H and O–H groups in total. The number of rotatable bonds is 2. The summed E-state index contributed by atoms with van der Waals surface area (Å²) in [5.41, 5.74) is 0.583. The summed E-state index contributed by atoms with van der Waals surface area (Å²) in [4.78, 5) is 15.6. The average molecular weight is 202 g/mol. The van der Waals surface area contributed by atoms with Crippen molar-refractivity contribution >= 4 is 11.9 Å². The van der Waals surface area contributed by atoms with Gasteiger partial charge in [0.1, 0.15) is 5.82 Å². The Morgan fingerprint density at radius 2 is 2.07 bits per heavy atom. The van der Waals surface area contributed by atoms with Crippen LogP contribution in [0.4, 0.5) is 5.95 Å². The topological polar surface area (TPSA) is 70.7 Å². The second-order valence-corrected chi connectivity index (χ2v) is 3.06. The molecular formula is C10H10N4O. The molecule has 15 heavy (non-hydrogen) atoms. The van der Waals surface area contributed by atoms with E-state index in [1.807, 2.05) is 6.07 Å². The first-order valence-corrected chi connectivity index (χ1v) is 4.51. The molecule has 0 aliphatic heterocycles. The van der Waals surface area contributed by atoms with Gasteiger partial charge in [0, 0.05) is 5.56 Å². The number of benzene rings is 1. The van der Waals surface area contributed by atoms with Crippen molar-refractivity contribution in [3.63, 3.8) is 0 Å². The van der Waals surface area contributed by atoms with Crippen molar-refractivity contribution in [3.8, 4) is 0 Å². The number of hydrogen-bond acceptors (Lipinski definition) is 3. The van der Waals surface area contributed by atoms with Gasteiger partial charge in [-0.25, -0.2) is 0 Å². The van der Waals surface area contributed by atoms with Crippen LogP contribution in [0, 0.1) is 6.92 Å². The predicted octanol–water partition coefficient (Wildman–Crippen LogP) is 1.37. The smallest absolute Gasteiger partial charge is 0.258 e. The summed E-state index contributed by atoms with van der Waals surface area (Å²) in [5.74, 6) is 0.745. The third-order valence-corrected chi connectivity index (χ3v) is 1.86. The Hall–Kier alpha value is -2.17. The van der Waals surface area contributed by atoms with E-state index >= 15 is 0 Å². The van der Waals surface area contributed by atoms with Gasteiger partial charge in [-0.2, -0.15) is 4.98 Å².